The first-order valence-corrected chi connectivity index (χ1v) is 17.6. The second kappa shape index (κ2) is 13.7. The number of anilines is 2. The molecule has 3 aromatic rings. The molecule has 12 heteroatoms. The molecule has 1 N–H and O–H groups in total. The maximum absolute atomic E-state index is 13.8. The van der Waals surface area contributed by atoms with Gasteiger partial charge in [0, 0.05) is 23.7 Å². The summed E-state index contributed by atoms with van der Waals surface area (Å²) >= 11 is 1.49. The molecule has 41 heavy (non-hydrogen) atoms. The molecule has 0 spiro atoms. The lowest BCUT2D eigenvalue weighted by molar-refractivity contribution is -0.114. The normalized spacial score (nSPS) is 14.7. The summed E-state index contributed by atoms with van der Waals surface area (Å²) in [5.74, 6) is -0.265. The third-order valence-corrected chi connectivity index (χ3v) is 11.1. The summed E-state index contributed by atoms with van der Waals surface area (Å²) in [5.41, 5.74) is 0.585. The number of para-hydroxylation sites is 2. The number of benzene rings is 3. The number of nitrogens with zero attached hydrogens (tertiary/aromatic N) is 2. The van der Waals surface area contributed by atoms with Gasteiger partial charge in [-0.1, -0.05) is 25.0 Å². The van der Waals surface area contributed by atoms with Crippen LogP contribution in [0.1, 0.15) is 32.6 Å². The molecule has 0 atom stereocenters. The summed E-state index contributed by atoms with van der Waals surface area (Å²) in [7, 11) is -7.78. The van der Waals surface area contributed by atoms with E-state index in [9.17, 15) is 21.6 Å². The molecule has 3 aromatic carbocycles. The van der Waals surface area contributed by atoms with E-state index in [1.807, 2.05) is 6.26 Å². The Bertz CT molecular complexity index is 1540. The van der Waals surface area contributed by atoms with Crippen LogP contribution in [-0.4, -0.2) is 59.5 Å². The SMILES string of the molecule is CCOc1ccccc1N(CC(=O)Nc1ccc(S(=O)(=O)N2CCCCCC2)cc1)S(=O)(=O)c1ccc(SC)cc1. The summed E-state index contributed by atoms with van der Waals surface area (Å²) in [5, 5.41) is 2.71. The molecule has 0 radical (unpaired) electrons. The molecular formula is C29H35N3O6S3. The number of thioether (sulfide) groups is 1. The van der Waals surface area contributed by atoms with Crippen LogP contribution >= 0.6 is 11.8 Å². The first-order chi connectivity index (χ1) is 19.7. The van der Waals surface area contributed by atoms with Gasteiger partial charge >= 0.3 is 0 Å². The van der Waals surface area contributed by atoms with Crippen molar-refractivity contribution in [3.05, 3.63) is 72.8 Å². The van der Waals surface area contributed by atoms with Crippen molar-refractivity contribution in [2.75, 3.05) is 42.1 Å². The van der Waals surface area contributed by atoms with Gasteiger partial charge < -0.3 is 10.1 Å². The molecule has 1 aliphatic rings. The maximum Gasteiger partial charge on any atom is 0.264 e. The summed E-state index contributed by atoms with van der Waals surface area (Å²) in [4.78, 5) is 14.3. The molecule has 0 saturated carbocycles. The van der Waals surface area contributed by atoms with Crippen LogP contribution in [-0.2, 0) is 24.8 Å². The van der Waals surface area contributed by atoms with Crippen molar-refractivity contribution < 1.29 is 26.4 Å². The van der Waals surface area contributed by atoms with Gasteiger partial charge in [-0.05, 0) is 86.7 Å². The van der Waals surface area contributed by atoms with Gasteiger partial charge in [-0.2, -0.15) is 4.31 Å². The second-order valence-corrected chi connectivity index (χ2v) is 14.2. The summed E-state index contributed by atoms with van der Waals surface area (Å²) in [6.07, 6.45) is 5.60. The maximum atomic E-state index is 13.8. The predicted molar refractivity (Wildman–Crippen MR) is 163 cm³/mol. The van der Waals surface area contributed by atoms with Crippen molar-refractivity contribution in [2.24, 2.45) is 0 Å². The van der Waals surface area contributed by atoms with Gasteiger partial charge in [0.2, 0.25) is 15.9 Å². The van der Waals surface area contributed by atoms with E-state index in [-0.39, 0.29) is 15.5 Å². The van der Waals surface area contributed by atoms with Crippen LogP contribution in [0.25, 0.3) is 0 Å². The Morgan fingerprint density at radius 3 is 2.10 bits per heavy atom. The van der Waals surface area contributed by atoms with E-state index in [0.29, 0.717) is 31.1 Å². The van der Waals surface area contributed by atoms with Crippen LogP contribution in [0.15, 0.2) is 87.5 Å². The van der Waals surface area contributed by atoms with E-state index in [2.05, 4.69) is 5.32 Å². The van der Waals surface area contributed by atoms with Gasteiger partial charge in [-0.25, -0.2) is 16.8 Å². The Balaban J connectivity index is 1.58. The van der Waals surface area contributed by atoms with E-state index in [0.717, 1.165) is 34.9 Å². The average molecular weight is 618 g/mol. The molecule has 1 aliphatic heterocycles. The monoisotopic (exact) mass is 617 g/mol. The van der Waals surface area contributed by atoms with Gasteiger partial charge in [0.25, 0.3) is 10.0 Å². The van der Waals surface area contributed by atoms with Crippen molar-refractivity contribution in [1.29, 1.82) is 0 Å². The highest BCUT2D eigenvalue weighted by atomic mass is 32.2. The third-order valence-electron chi connectivity index (χ3n) is 6.71. The van der Waals surface area contributed by atoms with E-state index in [1.165, 1.54) is 52.5 Å². The zero-order valence-corrected chi connectivity index (χ0v) is 25.6. The van der Waals surface area contributed by atoms with E-state index in [4.69, 9.17) is 4.74 Å². The lowest BCUT2D eigenvalue weighted by Gasteiger charge is -2.26. The molecule has 1 heterocycles. The number of sulfonamides is 2. The fourth-order valence-corrected chi connectivity index (χ4v) is 7.94. The lowest BCUT2D eigenvalue weighted by Crippen LogP contribution is -2.38. The standard InChI is InChI=1S/C29H35N3O6S3/c1-3-38-28-11-7-6-10-27(28)32(41(36,37)26-18-14-24(39-2)15-19-26)22-29(33)30-23-12-16-25(17-13-23)40(34,35)31-20-8-4-5-9-21-31/h6-7,10-19H,3-5,8-9,20-22H2,1-2H3,(H,30,33). The van der Waals surface area contributed by atoms with Crippen molar-refractivity contribution in [2.45, 2.75) is 47.3 Å². The zero-order chi connectivity index (χ0) is 29.5. The largest absolute Gasteiger partial charge is 0.492 e. The highest BCUT2D eigenvalue weighted by molar-refractivity contribution is 7.98. The van der Waals surface area contributed by atoms with Crippen LogP contribution in [0.2, 0.25) is 0 Å². The van der Waals surface area contributed by atoms with Gasteiger partial charge in [0.05, 0.1) is 22.1 Å². The number of hydrogen-bond acceptors (Lipinski definition) is 7. The van der Waals surface area contributed by atoms with Crippen molar-refractivity contribution in [3.63, 3.8) is 0 Å². The van der Waals surface area contributed by atoms with E-state index in [1.54, 1.807) is 43.3 Å². The van der Waals surface area contributed by atoms with Crippen LogP contribution in [0.5, 0.6) is 5.75 Å². The quantitative estimate of drug-likeness (QED) is 0.294. The molecule has 1 saturated heterocycles. The molecule has 1 fully saturated rings. The molecule has 220 valence electrons. The summed E-state index contributed by atoms with van der Waals surface area (Å²) in [6, 6.07) is 19.0. The molecule has 0 aliphatic carbocycles. The zero-order valence-electron chi connectivity index (χ0n) is 23.2. The molecule has 9 nitrogen and oxygen atoms in total. The Kier molecular flexibility index (Phi) is 10.3. The van der Waals surface area contributed by atoms with E-state index >= 15 is 0 Å². The Morgan fingerprint density at radius 2 is 1.49 bits per heavy atom. The second-order valence-electron chi connectivity index (χ2n) is 9.48. The fourth-order valence-electron chi connectivity index (χ4n) is 4.59. The number of carbonyl (C=O) groups excluding carboxylic acids is 1. The Hall–Kier alpha value is -3.06. The number of hydrogen-bond donors (Lipinski definition) is 1. The first-order valence-electron chi connectivity index (χ1n) is 13.5. The minimum atomic E-state index is -4.15. The summed E-state index contributed by atoms with van der Waals surface area (Å²) in [6.45, 7) is 2.57. The molecular weight excluding hydrogens is 583 g/mol. The lowest BCUT2D eigenvalue weighted by atomic mass is 10.2. The van der Waals surface area contributed by atoms with Crippen LogP contribution in [0, 0.1) is 0 Å². The van der Waals surface area contributed by atoms with Gasteiger partial charge in [0.1, 0.15) is 12.3 Å². The summed E-state index contributed by atoms with van der Waals surface area (Å²) < 4.78 is 62.1. The highest BCUT2D eigenvalue weighted by Gasteiger charge is 2.30. The Labute approximate surface area is 247 Å². The molecule has 4 rings (SSSR count). The van der Waals surface area contributed by atoms with Gasteiger partial charge in [-0.15, -0.1) is 11.8 Å². The number of carbonyl (C=O) groups is 1. The van der Waals surface area contributed by atoms with Crippen LogP contribution in [0.3, 0.4) is 0 Å². The predicted octanol–water partition coefficient (Wildman–Crippen LogP) is 5.21. The highest BCUT2D eigenvalue weighted by Crippen LogP contribution is 2.33. The smallest absolute Gasteiger partial charge is 0.264 e. The minimum Gasteiger partial charge on any atom is -0.492 e. The molecule has 1 amide bonds. The molecule has 0 bridgehead atoms. The van der Waals surface area contributed by atoms with E-state index < -0.39 is 32.5 Å². The topological polar surface area (TPSA) is 113 Å². The third kappa shape index (κ3) is 7.42. The average Bonchev–Trinajstić information content (AvgIpc) is 3.27. The van der Waals surface area contributed by atoms with Gasteiger partial charge in [-0.3, -0.25) is 9.10 Å². The van der Waals surface area contributed by atoms with Crippen molar-refractivity contribution in [1.82, 2.24) is 4.31 Å². The molecule has 0 unspecified atom stereocenters. The fraction of sp³-hybridized carbons (Fsp3) is 0.345. The number of amides is 1. The minimum absolute atomic E-state index is 0.0393. The number of ether oxygens (including phenoxy) is 1. The first kappa shape index (κ1) is 30.9. The van der Waals surface area contributed by atoms with Crippen molar-refractivity contribution >= 4 is 49.1 Å². The van der Waals surface area contributed by atoms with Crippen molar-refractivity contribution in [3.8, 4) is 5.75 Å². The number of nitrogens with one attached hydrogen (secondary N) is 1. The number of rotatable bonds is 11. The van der Waals surface area contributed by atoms with Gasteiger partial charge in [0.15, 0.2) is 0 Å². The van der Waals surface area contributed by atoms with Crippen LogP contribution < -0.4 is 14.4 Å². The van der Waals surface area contributed by atoms with Crippen LogP contribution in [0.4, 0.5) is 11.4 Å². The molecule has 0 aromatic heterocycles. The Morgan fingerprint density at radius 1 is 0.878 bits per heavy atom.